The predicted molar refractivity (Wildman–Crippen MR) is 65.1 cm³/mol. The molecule has 2 aromatic rings. The van der Waals surface area contributed by atoms with E-state index >= 15 is 0 Å². The summed E-state index contributed by atoms with van der Waals surface area (Å²) in [7, 11) is 0. The molecule has 0 aliphatic rings. The Labute approximate surface area is 108 Å². The molecule has 0 aliphatic carbocycles. The van der Waals surface area contributed by atoms with Crippen molar-refractivity contribution >= 4 is 11.6 Å². The highest BCUT2D eigenvalue weighted by molar-refractivity contribution is 6.21. The number of halogens is 4. The van der Waals surface area contributed by atoms with Crippen LogP contribution in [0, 0.1) is 17.5 Å². The number of hydrogen-bond donors (Lipinski definition) is 0. The third-order valence-electron chi connectivity index (χ3n) is 2.64. The molecule has 0 saturated carbocycles. The van der Waals surface area contributed by atoms with Crippen LogP contribution in [0.1, 0.15) is 16.5 Å². The maximum Gasteiger partial charge on any atom is 0.130 e. The van der Waals surface area contributed by atoms with Crippen LogP contribution in [-0.4, -0.2) is 0 Å². The summed E-state index contributed by atoms with van der Waals surface area (Å²) in [5, 5.41) is -0.823. The van der Waals surface area contributed by atoms with E-state index in [9.17, 15) is 13.2 Å². The molecule has 1 atom stereocenters. The maximum atomic E-state index is 13.5. The Bertz CT molecular complexity index is 517. The molecule has 0 saturated heterocycles. The largest absolute Gasteiger partial charge is 0.207 e. The van der Waals surface area contributed by atoms with Gasteiger partial charge < -0.3 is 0 Å². The summed E-state index contributed by atoms with van der Waals surface area (Å²) in [6, 6.07) is 9.28. The van der Waals surface area contributed by atoms with Crippen LogP contribution in [0.15, 0.2) is 42.5 Å². The smallest absolute Gasteiger partial charge is 0.130 e. The third kappa shape index (κ3) is 2.85. The minimum absolute atomic E-state index is 0.150. The first-order chi connectivity index (χ1) is 8.58. The molecular weight excluding hydrogens is 261 g/mol. The van der Waals surface area contributed by atoms with E-state index < -0.39 is 17.0 Å². The number of benzene rings is 2. The second-order valence-electron chi connectivity index (χ2n) is 3.93. The van der Waals surface area contributed by atoms with E-state index in [4.69, 9.17) is 11.6 Å². The topological polar surface area (TPSA) is 0 Å². The lowest BCUT2D eigenvalue weighted by molar-refractivity contribution is 0.551. The van der Waals surface area contributed by atoms with E-state index in [0.29, 0.717) is 0 Å². The normalized spacial score (nSPS) is 12.4. The zero-order valence-electron chi connectivity index (χ0n) is 9.34. The van der Waals surface area contributed by atoms with E-state index in [1.165, 1.54) is 30.3 Å². The molecule has 0 spiro atoms. The van der Waals surface area contributed by atoms with Crippen LogP contribution in [-0.2, 0) is 6.42 Å². The van der Waals surface area contributed by atoms with Gasteiger partial charge in [-0.1, -0.05) is 18.2 Å². The molecule has 0 aromatic heterocycles. The van der Waals surface area contributed by atoms with E-state index in [2.05, 4.69) is 0 Å². The van der Waals surface area contributed by atoms with Crippen molar-refractivity contribution < 1.29 is 13.2 Å². The van der Waals surface area contributed by atoms with Gasteiger partial charge in [0.2, 0.25) is 0 Å². The first-order valence-electron chi connectivity index (χ1n) is 5.40. The molecule has 0 aliphatic heterocycles. The summed E-state index contributed by atoms with van der Waals surface area (Å²) in [6.45, 7) is 0. The molecule has 0 nitrogen and oxygen atoms in total. The lowest BCUT2D eigenvalue weighted by Crippen LogP contribution is -2.02. The monoisotopic (exact) mass is 270 g/mol. The standard InChI is InChI=1S/C14H10ClF3/c15-11(8-9-4-6-10(16)7-5-9)14-12(17)2-1-3-13(14)18/h1-7,11H,8H2. The highest BCUT2D eigenvalue weighted by Crippen LogP contribution is 2.29. The molecule has 2 aromatic carbocycles. The van der Waals surface area contributed by atoms with Crippen LogP contribution in [0.3, 0.4) is 0 Å². The quantitative estimate of drug-likeness (QED) is 0.714. The molecule has 18 heavy (non-hydrogen) atoms. The van der Waals surface area contributed by atoms with Crippen LogP contribution in [0.4, 0.5) is 13.2 Å². The highest BCUT2D eigenvalue weighted by Gasteiger charge is 2.18. The summed E-state index contributed by atoms with van der Waals surface area (Å²) in [6.07, 6.45) is 0.236. The molecule has 94 valence electrons. The SMILES string of the molecule is Fc1ccc(CC(Cl)c2c(F)cccc2F)cc1. The molecule has 0 fully saturated rings. The van der Waals surface area contributed by atoms with Crippen LogP contribution >= 0.6 is 11.6 Å². The molecular formula is C14H10ClF3. The fourth-order valence-corrected chi connectivity index (χ4v) is 2.13. The second kappa shape index (κ2) is 5.44. The van der Waals surface area contributed by atoms with Crippen molar-refractivity contribution in [3.63, 3.8) is 0 Å². The van der Waals surface area contributed by atoms with Gasteiger partial charge in [0.1, 0.15) is 17.5 Å². The van der Waals surface area contributed by atoms with Gasteiger partial charge in [-0.05, 0) is 36.2 Å². The fraction of sp³-hybridized carbons (Fsp3) is 0.143. The molecule has 1 unspecified atom stereocenters. The molecule has 0 radical (unpaired) electrons. The van der Waals surface area contributed by atoms with Crippen molar-refractivity contribution in [3.8, 4) is 0 Å². The summed E-state index contributed by atoms with van der Waals surface area (Å²) in [4.78, 5) is 0. The van der Waals surface area contributed by atoms with E-state index in [1.807, 2.05) is 0 Å². The minimum atomic E-state index is -0.823. The Kier molecular flexibility index (Phi) is 3.92. The van der Waals surface area contributed by atoms with E-state index in [-0.39, 0.29) is 17.8 Å². The van der Waals surface area contributed by atoms with Gasteiger partial charge in [0.15, 0.2) is 0 Å². The summed E-state index contributed by atoms with van der Waals surface area (Å²) in [5.74, 6) is -1.70. The van der Waals surface area contributed by atoms with Crippen molar-refractivity contribution in [2.75, 3.05) is 0 Å². The van der Waals surface area contributed by atoms with Crippen molar-refractivity contribution in [3.05, 3.63) is 71.0 Å². The van der Waals surface area contributed by atoms with Gasteiger partial charge in [0.05, 0.1) is 5.38 Å². The average molecular weight is 271 g/mol. The first-order valence-corrected chi connectivity index (χ1v) is 5.84. The lowest BCUT2D eigenvalue weighted by atomic mass is 10.0. The van der Waals surface area contributed by atoms with Crippen LogP contribution in [0.5, 0.6) is 0 Å². The number of hydrogen-bond acceptors (Lipinski definition) is 0. The van der Waals surface area contributed by atoms with Gasteiger partial charge >= 0.3 is 0 Å². The Morgan fingerprint density at radius 1 is 0.889 bits per heavy atom. The van der Waals surface area contributed by atoms with Crippen molar-refractivity contribution in [2.24, 2.45) is 0 Å². The molecule has 0 N–H and O–H groups in total. The van der Waals surface area contributed by atoms with Crippen molar-refractivity contribution in [2.45, 2.75) is 11.8 Å². The van der Waals surface area contributed by atoms with E-state index in [1.54, 1.807) is 12.1 Å². The first kappa shape index (κ1) is 13.0. The zero-order valence-corrected chi connectivity index (χ0v) is 10.1. The second-order valence-corrected chi connectivity index (χ2v) is 4.46. The number of rotatable bonds is 3. The minimum Gasteiger partial charge on any atom is -0.207 e. The van der Waals surface area contributed by atoms with Gasteiger partial charge in [0, 0.05) is 5.56 Å². The number of alkyl halides is 1. The van der Waals surface area contributed by atoms with E-state index in [0.717, 1.165) is 5.56 Å². The molecule has 0 amide bonds. The predicted octanol–water partition coefficient (Wildman–Crippen LogP) is 4.63. The van der Waals surface area contributed by atoms with Crippen molar-refractivity contribution in [1.29, 1.82) is 0 Å². The van der Waals surface area contributed by atoms with Gasteiger partial charge in [-0.2, -0.15) is 0 Å². The molecule has 4 heteroatoms. The zero-order chi connectivity index (χ0) is 13.1. The van der Waals surface area contributed by atoms with Gasteiger partial charge in [-0.3, -0.25) is 0 Å². The Morgan fingerprint density at radius 3 is 2.00 bits per heavy atom. The average Bonchev–Trinajstić information content (AvgIpc) is 2.32. The third-order valence-corrected chi connectivity index (χ3v) is 3.01. The maximum absolute atomic E-state index is 13.5. The lowest BCUT2D eigenvalue weighted by Gasteiger charge is -2.12. The Morgan fingerprint density at radius 2 is 1.44 bits per heavy atom. The fourth-order valence-electron chi connectivity index (χ4n) is 1.74. The summed E-state index contributed by atoms with van der Waals surface area (Å²) < 4.78 is 39.7. The van der Waals surface area contributed by atoms with Crippen LogP contribution in [0.25, 0.3) is 0 Å². The van der Waals surface area contributed by atoms with Crippen molar-refractivity contribution in [1.82, 2.24) is 0 Å². The van der Waals surface area contributed by atoms with Crippen LogP contribution in [0.2, 0.25) is 0 Å². The van der Waals surface area contributed by atoms with Gasteiger partial charge in [-0.15, -0.1) is 11.6 Å². The highest BCUT2D eigenvalue weighted by atomic mass is 35.5. The summed E-state index contributed by atoms with van der Waals surface area (Å²) in [5.41, 5.74) is 0.572. The molecule has 2 rings (SSSR count). The van der Waals surface area contributed by atoms with Gasteiger partial charge in [0.25, 0.3) is 0 Å². The van der Waals surface area contributed by atoms with Gasteiger partial charge in [-0.25, -0.2) is 13.2 Å². The molecule has 0 heterocycles. The Hall–Kier alpha value is -1.48. The molecule has 0 bridgehead atoms. The van der Waals surface area contributed by atoms with Crippen LogP contribution < -0.4 is 0 Å². The summed E-state index contributed by atoms with van der Waals surface area (Å²) >= 11 is 6.02. The Balaban J connectivity index is 2.22.